The highest BCUT2D eigenvalue weighted by Crippen LogP contribution is 2.44. The van der Waals surface area contributed by atoms with Gasteiger partial charge >= 0.3 is 5.97 Å². The summed E-state index contributed by atoms with van der Waals surface area (Å²) in [5.74, 6) is -0.271. The number of amides is 1. The first-order chi connectivity index (χ1) is 11.4. The van der Waals surface area contributed by atoms with Gasteiger partial charge < -0.3 is 15.6 Å². The van der Waals surface area contributed by atoms with E-state index in [0.29, 0.717) is 29.8 Å². The van der Waals surface area contributed by atoms with E-state index >= 15 is 0 Å². The summed E-state index contributed by atoms with van der Waals surface area (Å²) in [4.78, 5) is 24.4. The van der Waals surface area contributed by atoms with Gasteiger partial charge in [-0.1, -0.05) is 17.7 Å². The lowest BCUT2D eigenvalue weighted by atomic mass is 9.92. The van der Waals surface area contributed by atoms with Crippen molar-refractivity contribution in [2.75, 3.05) is 19.7 Å². The number of primary amides is 1. The summed E-state index contributed by atoms with van der Waals surface area (Å²) in [7, 11) is 0. The van der Waals surface area contributed by atoms with Gasteiger partial charge in [-0.25, -0.2) is 0 Å². The highest BCUT2D eigenvalue weighted by molar-refractivity contribution is 6.32. The van der Waals surface area contributed by atoms with Crippen molar-refractivity contribution in [3.05, 3.63) is 28.8 Å². The summed E-state index contributed by atoms with van der Waals surface area (Å²) in [6.07, 6.45) is 2.31. The summed E-state index contributed by atoms with van der Waals surface area (Å²) in [6.45, 7) is 1.84. The molecule has 1 saturated carbocycles. The van der Waals surface area contributed by atoms with Crippen LogP contribution in [0.15, 0.2) is 18.2 Å². The van der Waals surface area contributed by atoms with Gasteiger partial charge in [0.15, 0.2) is 6.61 Å². The minimum absolute atomic E-state index is 0.214. The highest BCUT2D eigenvalue weighted by atomic mass is 35.5. The van der Waals surface area contributed by atoms with Crippen molar-refractivity contribution >= 4 is 23.5 Å². The molecule has 130 valence electrons. The van der Waals surface area contributed by atoms with Gasteiger partial charge in [0.2, 0.25) is 0 Å². The van der Waals surface area contributed by atoms with Crippen LogP contribution < -0.4 is 10.5 Å². The number of carboxylic acid groups (broad SMARTS) is 1. The molecule has 1 aliphatic carbocycles. The van der Waals surface area contributed by atoms with Crippen LogP contribution in [0.3, 0.4) is 0 Å². The average molecular weight is 353 g/mol. The number of aliphatic carboxylic acids is 1. The molecule has 1 heterocycles. The number of halogens is 1. The molecular formula is C17H21ClN2O4. The normalized spacial score (nSPS) is 24.0. The molecule has 0 radical (unpaired) electrons. The molecule has 0 unspecified atom stereocenters. The number of nitrogens with two attached hydrogens (primary N) is 1. The van der Waals surface area contributed by atoms with Gasteiger partial charge in [0, 0.05) is 19.6 Å². The smallest absolute Gasteiger partial charge is 0.308 e. The molecule has 1 amide bonds. The molecule has 0 aromatic heterocycles. The Morgan fingerprint density at radius 1 is 1.33 bits per heavy atom. The van der Waals surface area contributed by atoms with E-state index in [0.717, 1.165) is 24.9 Å². The number of carbonyl (C=O) groups excluding carboxylic acids is 1. The molecule has 1 saturated heterocycles. The monoisotopic (exact) mass is 352 g/mol. The molecule has 7 heteroatoms. The molecule has 6 nitrogen and oxygen atoms in total. The molecule has 2 aliphatic rings. The van der Waals surface area contributed by atoms with E-state index < -0.39 is 11.9 Å². The number of carboxylic acids is 1. The fourth-order valence-electron chi connectivity index (χ4n) is 3.47. The van der Waals surface area contributed by atoms with Crippen molar-refractivity contribution in [3.8, 4) is 5.75 Å². The van der Waals surface area contributed by atoms with E-state index in [1.165, 1.54) is 0 Å². The first-order valence-electron chi connectivity index (χ1n) is 8.08. The molecule has 0 spiro atoms. The number of benzene rings is 1. The van der Waals surface area contributed by atoms with E-state index in [1.807, 2.05) is 6.07 Å². The molecule has 2 atom stereocenters. The lowest BCUT2D eigenvalue weighted by molar-refractivity contribution is -0.142. The number of hydrogen-bond donors (Lipinski definition) is 2. The van der Waals surface area contributed by atoms with Crippen LogP contribution in [-0.4, -0.2) is 41.6 Å². The van der Waals surface area contributed by atoms with Gasteiger partial charge in [-0.2, -0.15) is 0 Å². The van der Waals surface area contributed by atoms with Crippen molar-refractivity contribution in [1.82, 2.24) is 4.90 Å². The first kappa shape index (κ1) is 17.0. The van der Waals surface area contributed by atoms with Crippen molar-refractivity contribution in [1.29, 1.82) is 0 Å². The van der Waals surface area contributed by atoms with E-state index in [4.69, 9.17) is 22.1 Å². The zero-order chi connectivity index (χ0) is 17.3. The maximum atomic E-state index is 11.5. The van der Waals surface area contributed by atoms with Gasteiger partial charge in [-0.15, -0.1) is 0 Å². The van der Waals surface area contributed by atoms with Crippen LogP contribution in [0.25, 0.3) is 0 Å². The highest BCUT2D eigenvalue weighted by Gasteiger charge is 2.45. The topological polar surface area (TPSA) is 92.9 Å². The number of likely N-dealkylation sites (tertiary alicyclic amines) is 1. The summed E-state index contributed by atoms with van der Waals surface area (Å²) in [5.41, 5.74) is 6.04. The lowest BCUT2D eigenvalue weighted by Crippen LogP contribution is -2.24. The van der Waals surface area contributed by atoms with Crippen LogP contribution in [0.2, 0.25) is 5.02 Å². The van der Waals surface area contributed by atoms with Gasteiger partial charge in [-0.05, 0) is 42.4 Å². The van der Waals surface area contributed by atoms with E-state index in [-0.39, 0.29) is 18.4 Å². The quantitative estimate of drug-likeness (QED) is 0.779. The molecule has 1 aromatic carbocycles. The van der Waals surface area contributed by atoms with E-state index in [9.17, 15) is 14.7 Å². The molecule has 3 N–H and O–H groups in total. The van der Waals surface area contributed by atoms with Gasteiger partial charge in [0.25, 0.3) is 5.91 Å². The molecule has 1 aliphatic heterocycles. The second-order valence-electron chi connectivity index (χ2n) is 6.66. The van der Waals surface area contributed by atoms with Crippen LogP contribution >= 0.6 is 11.6 Å². The van der Waals surface area contributed by atoms with Crippen molar-refractivity contribution in [3.63, 3.8) is 0 Å². The first-order valence-corrected chi connectivity index (χ1v) is 8.46. The van der Waals surface area contributed by atoms with Gasteiger partial charge in [0.05, 0.1) is 10.9 Å². The summed E-state index contributed by atoms with van der Waals surface area (Å²) in [5, 5.41) is 9.84. The minimum atomic E-state index is -0.692. The number of carbonyl (C=O) groups is 2. The van der Waals surface area contributed by atoms with Crippen LogP contribution in [0.5, 0.6) is 5.75 Å². The lowest BCUT2D eigenvalue weighted by Gasteiger charge is -2.16. The summed E-state index contributed by atoms with van der Waals surface area (Å²) in [6, 6.07) is 5.38. The second-order valence-corrected chi connectivity index (χ2v) is 7.07. The zero-order valence-corrected chi connectivity index (χ0v) is 14.0. The Morgan fingerprint density at radius 3 is 2.67 bits per heavy atom. The Morgan fingerprint density at radius 2 is 2.08 bits per heavy atom. The molecular weight excluding hydrogens is 332 g/mol. The minimum Gasteiger partial charge on any atom is -0.482 e. The van der Waals surface area contributed by atoms with Crippen LogP contribution in [0, 0.1) is 17.8 Å². The average Bonchev–Trinajstić information content (AvgIpc) is 3.27. The number of rotatable bonds is 7. The van der Waals surface area contributed by atoms with E-state index in [1.54, 1.807) is 12.1 Å². The number of nitrogens with zero attached hydrogens (tertiary/aromatic N) is 1. The predicted molar refractivity (Wildman–Crippen MR) is 88.8 cm³/mol. The second kappa shape index (κ2) is 6.99. The Balaban J connectivity index is 1.62. The largest absolute Gasteiger partial charge is 0.482 e. The zero-order valence-electron chi connectivity index (χ0n) is 13.3. The van der Waals surface area contributed by atoms with Crippen molar-refractivity contribution in [2.45, 2.75) is 19.4 Å². The predicted octanol–water partition coefficient (Wildman–Crippen LogP) is 1.75. The van der Waals surface area contributed by atoms with E-state index in [2.05, 4.69) is 4.90 Å². The van der Waals surface area contributed by atoms with Crippen molar-refractivity contribution in [2.24, 2.45) is 23.5 Å². The SMILES string of the molecule is NC(=O)COc1ccc(CN2C[C@@H](C(=O)O)[C@H](C3CC3)C2)cc1Cl. The molecule has 2 fully saturated rings. The summed E-state index contributed by atoms with van der Waals surface area (Å²) >= 11 is 6.18. The van der Waals surface area contributed by atoms with Crippen molar-refractivity contribution < 1.29 is 19.4 Å². The fraction of sp³-hybridized carbons (Fsp3) is 0.529. The molecule has 0 bridgehead atoms. The Bertz CT molecular complexity index is 647. The van der Waals surface area contributed by atoms with Crippen LogP contribution in [0.1, 0.15) is 18.4 Å². The third-order valence-electron chi connectivity index (χ3n) is 4.76. The van der Waals surface area contributed by atoms with Crippen LogP contribution in [0.4, 0.5) is 0 Å². The molecule has 3 rings (SSSR count). The maximum Gasteiger partial charge on any atom is 0.308 e. The third-order valence-corrected chi connectivity index (χ3v) is 5.05. The Hall–Kier alpha value is -1.79. The number of hydrogen-bond acceptors (Lipinski definition) is 4. The standard InChI is InChI=1S/C17H21ClN2O4/c18-14-5-10(1-4-15(14)24-9-16(19)21)6-20-7-12(11-2-3-11)13(8-20)17(22)23/h1,4-5,11-13H,2-3,6-9H2,(H2,19,21)(H,22,23)/t12-,13+/m0/s1. The maximum absolute atomic E-state index is 11.5. The molecule has 24 heavy (non-hydrogen) atoms. The Kier molecular flexibility index (Phi) is 4.96. The van der Waals surface area contributed by atoms with Gasteiger partial charge in [-0.3, -0.25) is 14.5 Å². The van der Waals surface area contributed by atoms with Crippen LogP contribution in [-0.2, 0) is 16.1 Å². The third kappa shape index (κ3) is 3.99. The Labute approximate surface area is 145 Å². The molecule has 1 aromatic rings. The summed E-state index contributed by atoms with van der Waals surface area (Å²) < 4.78 is 5.23. The van der Waals surface area contributed by atoms with Gasteiger partial charge in [0.1, 0.15) is 5.75 Å². The number of ether oxygens (including phenoxy) is 1. The fourth-order valence-corrected chi connectivity index (χ4v) is 3.73.